The van der Waals surface area contributed by atoms with Crippen LogP contribution in [0.2, 0.25) is 0 Å². The Morgan fingerprint density at radius 2 is 2.07 bits per heavy atom. The van der Waals surface area contributed by atoms with Crippen LogP contribution in [0.5, 0.6) is 0 Å². The van der Waals surface area contributed by atoms with E-state index in [0.29, 0.717) is 0 Å². The molecular formula is C6H12ClO6P. The van der Waals surface area contributed by atoms with Crippen molar-refractivity contribution in [3.8, 4) is 0 Å². The second-order valence-corrected chi connectivity index (χ2v) is 3.60. The van der Waals surface area contributed by atoms with Gasteiger partial charge in [0.25, 0.3) is 0 Å². The predicted molar refractivity (Wildman–Crippen MR) is 51.1 cm³/mol. The van der Waals surface area contributed by atoms with Crippen molar-refractivity contribution >= 4 is 25.4 Å². The number of phosphoric ester groups is 1. The van der Waals surface area contributed by atoms with Crippen LogP contribution in [0.3, 0.4) is 0 Å². The molecule has 1 unspecified atom stereocenters. The van der Waals surface area contributed by atoms with E-state index in [0.717, 1.165) is 6.08 Å². The quantitative estimate of drug-likeness (QED) is 0.388. The van der Waals surface area contributed by atoms with Crippen LogP contribution >= 0.6 is 19.4 Å². The van der Waals surface area contributed by atoms with Crippen molar-refractivity contribution in [3.63, 3.8) is 0 Å². The SMILES string of the molecule is C=CC(=O)O.CC(CCl)OP(=O)(O)O. The molecule has 0 aromatic rings. The van der Waals surface area contributed by atoms with Gasteiger partial charge in [-0.25, -0.2) is 9.36 Å². The molecule has 0 fully saturated rings. The Bertz CT molecular complexity index is 224. The van der Waals surface area contributed by atoms with Gasteiger partial charge in [-0.05, 0) is 6.92 Å². The Hall–Kier alpha value is -0.390. The third-order valence-corrected chi connectivity index (χ3v) is 1.78. The fourth-order valence-corrected chi connectivity index (χ4v) is 0.957. The third kappa shape index (κ3) is 17.6. The summed E-state index contributed by atoms with van der Waals surface area (Å²) in [5.74, 6) is -0.907. The normalized spacial score (nSPS) is 12.3. The van der Waals surface area contributed by atoms with Crippen molar-refractivity contribution < 1.29 is 28.8 Å². The van der Waals surface area contributed by atoms with E-state index in [1.165, 1.54) is 6.92 Å². The number of carbonyl (C=O) groups is 1. The molecule has 3 N–H and O–H groups in total. The zero-order valence-electron chi connectivity index (χ0n) is 7.46. The summed E-state index contributed by atoms with van der Waals surface area (Å²) in [6, 6.07) is 0. The zero-order valence-corrected chi connectivity index (χ0v) is 9.11. The van der Waals surface area contributed by atoms with Crippen molar-refractivity contribution in [2.24, 2.45) is 0 Å². The molecule has 0 bridgehead atoms. The number of hydrogen-bond acceptors (Lipinski definition) is 3. The molecule has 0 aliphatic heterocycles. The van der Waals surface area contributed by atoms with Gasteiger partial charge in [0.1, 0.15) is 0 Å². The van der Waals surface area contributed by atoms with Crippen LogP contribution in [0.25, 0.3) is 0 Å². The minimum Gasteiger partial charge on any atom is -0.478 e. The second kappa shape index (κ2) is 7.96. The van der Waals surface area contributed by atoms with Crippen LogP contribution in [0, 0.1) is 0 Å². The standard InChI is InChI=1S/C3H8ClO4P.C3H4O2/c1-3(2-4)8-9(5,6)7;1-2-3(4)5/h3H,2H2,1H3,(H2,5,6,7);2H,1H2,(H,4,5). The molecule has 1 atom stereocenters. The third-order valence-electron chi connectivity index (χ3n) is 0.709. The first-order valence-electron chi connectivity index (χ1n) is 3.38. The summed E-state index contributed by atoms with van der Waals surface area (Å²) in [7, 11) is -4.32. The van der Waals surface area contributed by atoms with Crippen LogP contribution in [-0.4, -0.2) is 32.8 Å². The number of carboxylic acids is 1. The minimum atomic E-state index is -4.32. The first-order chi connectivity index (χ1) is 6.22. The van der Waals surface area contributed by atoms with Gasteiger partial charge in [-0.2, -0.15) is 0 Å². The van der Waals surface area contributed by atoms with Gasteiger partial charge in [0.15, 0.2) is 0 Å². The molecule has 6 nitrogen and oxygen atoms in total. The maximum absolute atomic E-state index is 10.0. The molecule has 0 spiro atoms. The van der Waals surface area contributed by atoms with Crippen LogP contribution in [0.1, 0.15) is 6.92 Å². The highest BCUT2D eigenvalue weighted by molar-refractivity contribution is 7.46. The molecule has 0 saturated carbocycles. The molecule has 0 saturated heterocycles. The molecular weight excluding hydrogens is 234 g/mol. The Morgan fingerprint density at radius 1 is 1.71 bits per heavy atom. The van der Waals surface area contributed by atoms with Crippen molar-refractivity contribution in [2.75, 3.05) is 5.88 Å². The summed E-state index contributed by atoms with van der Waals surface area (Å²) in [4.78, 5) is 25.5. The molecule has 0 amide bonds. The molecule has 0 aromatic carbocycles. The minimum absolute atomic E-state index is 0.0745. The monoisotopic (exact) mass is 246 g/mol. The Morgan fingerprint density at radius 3 is 2.14 bits per heavy atom. The molecule has 0 aromatic heterocycles. The first-order valence-corrected chi connectivity index (χ1v) is 5.44. The van der Waals surface area contributed by atoms with E-state index in [1.54, 1.807) is 0 Å². The number of phosphoric acid groups is 1. The summed E-state index contributed by atoms with van der Waals surface area (Å²) in [5.41, 5.74) is 0. The molecule has 14 heavy (non-hydrogen) atoms. The molecule has 0 aliphatic carbocycles. The number of alkyl halides is 1. The Kier molecular flexibility index (Phi) is 9.13. The summed E-state index contributed by atoms with van der Waals surface area (Å²) in [5, 5.41) is 7.60. The van der Waals surface area contributed by atoms with Crippen molar-refractivity contribution in [2.45, 2.75) is 13.0 Å². The van der Waals surface area contributed by atoms with Gasteiger partial charge in [0, 0.05) is 12.0 Å². The Balaban J connectivity index is 0. The fraction of sp³-hybridized carbons (Fsp3) is 0.500. The van der Waals surface area contributed by atoms with Crippen LogP contribution < -0.4 is 0 Å². The molecule has 0 heterocycles. The van der Waals surface area contributed by atoms with E-state index in [-0.39, 0.29) is 5.88 Å². The highest BCUT2D eigenvalue weighted by atomic mass is 35.5. The number of halogens is 1. The van der Waals surface area contributed by atoms with E-state index < -0.39 is 19.9 Å². The van der Waals surface area contributed by atoms with Gasteiger partial charge in [0.2, 0.25) is 0 Å². The highest BCUT2D eigenvalue weighted by Crippen LogP contribution is 2.37. The highest BCUT2D eigenvalue weighted by Gasteiger charge is 2.17. The van der Waals surface area contributed by atoms with E-state index in [1.807, 2.05) is 0 Å². The lowest BCUT2D eigenvalue weighted by Crippen LogP contribution is -2.06. The topological polar surface area (TPSA) is 104 Å². The van der Waals surface area contributed by atoms with Crippen LogP contribution in [0.15, 0.2) is 12.7 Å². The van der Waals surface area contributed by atoms with Gasteiger partial charge in [-0.1, -0.05) is 6.58 Å². The zero-order chi connectivity index (χ0) is 11.8. The fourth-order valence-electron chi connectivity index (χ4n) is 0.263. The number of hydrogen-bond donors (Lipinski definition) is 3. The lowest BCUT2D eigenvalue weighted by atomic mass is 10.5. The van der Waals surface area contributed by atoms with Gasteiger partial charge in [-0.15, -0.1) is 11.6 Å². The van der Waals surface area contributed by atoms with Gasteiger partial charge in [-0.3, -0.25) is 4.52 Å². The largest absolute Gasteiger partial charge is 0.478 e. The summed E-state index contributed by atoms with van der Waals surface area (Å²) >= 11 is 5.19. The number of rotatable bonds is 4. The Labute approximate surface area is 86.4 Å². The van der Waals surface area contributed by atoms with Gasteiger partial charge < -0.3 is 14.9 Å². The van der Waals surface area contributed by atoms with Crippen LogP contribution in [-0.2, 0) is 13.9 Å². The van der Waals surface area contributed by atoms with E-state index in [4.69, 9.17) is 26.5 Å². The van der Waals surface area contributed by atoms with Crippen molar-refractivity contribution in [1.29, 1.82) is 0 Å². The molecule has 0 radical (unpaired) electrons. The lowest BCUT2D eigenvalue weighted by molar-refractivity contribution is -0.131. The van der Waals surface area contributed by atoms with Crippen LogP contribution in [0.4, 0.5) is 0 Å². The number of aliphatic carboxylic acids is 1. The summed E-state index contributed by atoms with van der Waals surface area (Å²) in [6.45, 7) is 4.44. The second-order valence-electron chi connectivity index (χ2n) is 2.10. The lowest BCUT2D eigenvalue weighted by Gasteiger charge is -2.08. The molecule has 8 heteroatoms. The van der Waals surface area contributed by atoms with Crippen molar-refractivity contribution in [3.05, 3.63) is 12.7 Å². The van der Waals surface area contributed by atoms with Gasteiger partial charge >= 0.3 is 13.8 Å². The first kappa shape index (κ1) is 16.1. The van der Waals surface area contributed by atoms with Crippen molar-refractivity contribution in [1.82, 2.24) is 0 Å². The molecule has 0 aliphatic rings. The average molecular weight is 247 g/mol. The maximum atomic E-state index is 10.0. The van der Waals surface area contributed by atoms with Gasteiger partial charge in [0.05, 0.1) is 6.10 Å². The maximum Gasteiger partial charge on any atom is 0.469 e. The summed E-state index contributed by atoms with van der Waals surface area (Å²) in [6.07, 6.45) is 0.229. The van der Waals surface area contributed by atoms with E-state index >= 15 is 0 Å². The summed E-state index contributed by atoms with van der Waals surface area (Å²) < 4.78 is 14.1. The average Bonchev–Trinajstić information content (AvgIpc) is 2.02. The smallest absolute Gasteiger partial charge is 0.469 e. The van der Waals surface area contributed by atoms with E-state index in [2.05, 4.69) is 11.1 Å². The molecule has 0 rings (SSSR count). The number of carboxylic acid groups (broad SMARTS) is 1. The molecule has 84 valence electrons. The van der Waals surface area contributed by atoms with E-state index in [9.17, 15) is 9.36 Å². The predicted octanol–water partition coefficient (Wildman–Crippen LogP) is 0.980.